The van der Waals surface area contributed by atoms with E-state index >= 15 is 0 Å². The Morgan fingerprint density at radius 2 is 2.16 bits per heavy atom. The van der Waals surface area contributed by atoms with E-state index in [1.807, 2.05) is 13.0 Å². The van der Waals surface area contributed by atoms with Crippen LogP contribution in [0.1, 0.15) is 45.4 Å². The van der Waals surface area contributed by atoms with E-state index in [1.165, 1.54) is 18.0 Å². The molecule has 0 spiro atoms. The van der Waals surface area contributed by atoms with Gasteiger partial charge in [-0.15, -0.1) is 0 Å². The predicted molar refractivity (Wildman–Crippen MR) is 129 cm³/mol. The molecule has 174 valence electrons. The van der Waals surface area contributed by atoms with E-state index in [0.29, 0.717) is 30.4 Å². The first kappa shape index (κ1) is 23.3. The van der Waals surface area contributed by atoms with Gasteiger partial charge >= 0.3 is 6.03 Å². The van der Waals surface area contributed by atoms with Gasteiger partial charge in [0.05, 0.1) is 0 Å². The number of anilines is 1. The van der Waals surface area contributed by atoms with Crippen molar-refractivity contribution in [2.24, 2.45) is 10.7 Å². The van der Waals surface area contributed by atoms with Crippen LogP contribution in [0.3, 0.4) is 0 Å². The topological polar surface area (TPSA) is 109 Å². The Labute approximate surface area is 190 Å². The molecule has 8 nitrogen and oxygen atoms in total. The SMILES string of the molecule is CCNC(=O)Nc1nccc(CN2CCC(c3ccc(N=C/C=C\N)nc3C)CC2)c1F.[HH].[HH]. The van der Waals surface area contributed by atoms with Crippen LogP contribution in [0, 0.1) is 12.7 Å². The van der Waals surface area contributed by atoms with Crippen molar-refractivity contribution in [2.75, 3.05) is 25.0 Å². The Morgan fingerprint density at radius 3 is 2.84 bits per heavy atom. The second-order valence-electron chi connectivity index (χ2n) is 7.67. The van der Waals surface area contributed by atoms with Crippen LogP contribution in [-0.4, -0.2) is 46.7 Å². The third-order valence-corrected chi connectivity index (χ3v) is 5.48. The normalized spacial score (nSPS) is 15.5. The number of hydrogen-bond donors (Lipinski definition) is 3. The van der Waals surface area contributed by atoms with Crippen LogP contribution in [0.4, 0.5) is 20.8 Å². The van der Waals surface area contributed by atoms with Crippen molar-refractivity contribution in [1.82, 2.24) is 20.2 Å². The first-order valence-corrected chi connectivity index (χ1v) is 10.8. The molecule has 0 radical (unpaired) electrons. The fourth-order valence-electron chi connectivity index (χ4n) is 3.88. The van der Waals surface area contributed by atoms with Gasteiger partial charge in [0.1, 0.15) is 0 Å². The average molecular weight is 444 g/mol. The van der Waals surface area contributed by atoms with Crippen LogP contribution < -0.4 is 16.4 Å². The molecule has 1 fully saturated rings. The number of nitrogens with zero attached hydrogens (tertiary/aromatic N) is 4. The molecule has 0 bridgehead atoms. The van der Waals surface area contributed by atoms with Gasteiger partial charge in [0.15, 0.2) is 17.5 Å². The van der Waals surface area contributed by atoms with E-state index in [-0.39, 0.29) is 8.67 Å². The molecule has 0 unspecified atom stereocenters. The van der Waals surface area contributed by atoms with Gasteiger partial charge in [-0.3, -0.25) is 10.2 Å². The number of hydrogen-bond acceptors (Lipinski definition) is 6. The molecule has 32 heavy (non-hydrogen) atoms. The summed E-state index contributed by atoms with van der Waals surface area (Å²) in [4.78, 5) is 26.7. The molecule has 2 aromatic heterocycles. The number of carbonyl (C=O) groups is 1. The number of piperidine rings is 1. The highest BCUT2D eigenvalue weighted by molar-refractivity contribution is 5.88. The number of rotatable bonds is 7. The number of amides is 2. The summed E-state index contributed by atoms with van der Waals surface area (Å²) in [5, 5.41) is 5.04. The number of pyridine rings is 2. The highest BCUT2D eigenvalue weighted by Crippen LogP contribution is 2.31. The summed E-state index contributed by atoms with van der Waals surface area (Å²) >= 11 is 0. The number of urea groups is 1. The Bertz CT molecular complexity index is 995. The van der Waals surface area contributed by atoms with Crippen LogP contribution in [0.15, 0.2) is 41.7 Å². The highest BCUT2D eigenvalue weighted by Gasteiger charge is 2.23. The number of nitrogens with two attached hydrogens (primary N) is 1. The zero-order valence-corrected chi connectivity index (χ0v) is 18.5. The molecule has 3 rings (SSSR count). The fourth-order valence-corrected chi connectivity index (χ4v) is 3.88. The molecule has 0 saturated carbocycles. The van der Waals surface area contributed by atoms with Crippen LogP contribution in [0.5, 0.6) is 0 Å². The van der Waals surface area contributed by atoms with Gasteiger partial charge in [0.25, 0.3) is 0 Å². The summed E-state index contributed by atoms with van der Waals surface area (Å²) in [6, 6.07) is 5.22. The van der Waals surface area contributed by atoms with Crippen LogP contribution in [0.2, 0.25) is 0 Å². The Morgan fingerprint density at radius 1 is 1.38 bits per heavy atom. The Balaban J connectivity index is 0.00000289. The standard InChI is InChI=1S/C23H30FN7O.2H2/c1-3-26-23(32)30-22-21(24)18(7-12-28-22)15-31-13-8-17(9-14-31)19-5-6-20(29-16(19)2)27-11-4-10-25;;/h4-7,10-12,17H,3,8-9,13-15,25H2,1-2H3,(H2,26,28,30,32);2*1H/b10-4-,27-11?;;. The van der Waals surface area contributed by atoms with Crippen molar-refractivity contribution in [3.05, 3.63) is 59.3 Å². The largest absolute Gasteiger partial charge is 0.405 e. The molecule has 0 aliphatic carbocycles. The molecule has 9 heteroatoms. The Hall–Kier alpha value is -3.33. The molecule has 3 heterocycles. The summed E-state index contributed by atoms with van der Waals surface area (Å²) in [6.45, 7) is 6.45. The lowest BCUT2D eigenvalue weighted by Gasteiger charge is -2.32. The molecule has 2 amide bonds. The smallest absolute Gasteiger partial charge is 0.320 e. The van der Waals surface area contributed by atoms with Gasteiger partial charge in [-0.25, -0.2) is 24.1 Å². The molecule has 0 aromatic carbocycles. The average Bonchev–Trinajstić information content (AvgIpc) is 2.78. The summed E-state index contributed by atoms with van der Waals surface area (Å²) < 4.78 is 14.8. The second kappa shape index (κ2) is 11.3. The molecule has 1 aliphatic rings. The summed E-state index contributed by atoms with van der Waals surface area (Å²) in [5.74, 6) is 0.543. The van der Waals surface area contributed by atoms with E-state index < -0.39 is 11.8 Å². The van der Waals surface area contributed by atoms with Crippen LogP contribution >= 0.6 is 0 Å². The zero-order chi connectivity index (χ0) is 22.9. The van der Waals surface area contributed by atoms with Gasteiger partial charge in [-0.05, 0) is 75.7 Å². The number of nitrogens with one attached hydrogen (secondary N) is 2. The fraction of sp³-hybridized carbons (Fsp3) is 0.391. The number of aliphatic imine (C=N–C) groups is 1. The van der Waals surface area contributed by atoms with Crippen molar-refractivity contribution >= 4 is 23.9 Å². The molecule has 0 atom stereocenters. The third kappa shape index (κ3) is 6.10. The highest BCUT2D eigenvalue weighted by atomic mass is 19.1. The monoisotopic (exact) mass is 443 g/mol. The summed E-state index contributed by atoms with van der Waals surface area (Å²) in [6.07, 6.45) is 8.17. The van der Waals surface area contributed by atoms with E-state index in [9.17, 15) is 9.18 Å². The lowest BCUT2D eigenvalue weighted by Crippen LogP contribution is -2.33. The number of halogens is 1. The minimum absolute atomic E-state index is 0. The lowest BCUT2D eigenvalue weighted by atomic mass is 9.88. The number of aromatic nitrogens is 2. The van der Waals surface area contributed by atoms with Crippen LogP contribution in [-0.2, 0) is 6.54 Å². The van der Waals surface area contributed by atoms with Crippen molar-refractivity contribution in [3.8, 4) is 0 Å². The third-order valence-electron chi connectivity index (χ3n) is 5.48. The number of likely N-dealkylation sites (tertiary alicyclic amines) is 1. The molecular formula is C23H34FN7O. The van der Waals surface area contributed by atoms with Crippen molar-refractivity contribution in [3.63, 3.8) is 0 Å². The van der Waals surface area contributed by atoms with Gasteiger partial charge in [-0.1, -0.05) is 6.07 Å². The summed E-state index contributed by atoms with van der Waals surface area (Å²) in [7, 11) is 0. The molecule has 4 N–H and O–H groups in total. The van der Waals surface area contributed by atoms with Crippen molar-refractivity contribution in [2.45, 2.75) is 39.2 Å². The summed E-state index contributed by atoms with van der Waals surface area (Å²) in [5.41, 5.74) is 8.06. The van der Waals surface area contributed by atoms with Crippen molar-refractivity contribution in [1.29, 1.82) is 0 Å². The van der Waals surface area contributed by atoms with Crippen LogP contribution in [0.25, 0.3) is 0 Å². The van der Waals surface area contributed by atoms with Gasteiger partial charge < -0.3 is 11.1 Å². The first-order valence-electron chi connectivity index (χ1n) is 10.8. The first-order chi connectivity index (χ1) is 15.5. The maximum atomic E-state index is 14.8. The number of carbonyl (C=O) groups excluding carboxylic acids is 1. The minimum Gasteiger partial charge on any atom is -0.405 e. The van der Waals surface area contributed by atoms with Crippen molar-refractivity contribution < 1.29 is 12.0 Å². The van der Waals surface area contributed by atoms with E-state index in [0.717, 1.165) is 31.6 Å². The van der Waals surface area contributed by atoms with E-state index in [2.05, 4.69) is 36.6 Å². The second-order valence-corrected chi connectivity index (χ2v) is 7.67. The molecule has 2 aromatic rings. The maximum Gasteiger partial charge on any atom is 0.320 e. The zero-order valence-electron chi connectivity index (χ0n) is 18.5. The minimum atomic E-state index is -0.485. The number of allylic oxidation sites excluding steroid dienone is 1. The quantitative estimate of drug-likeness (QED) is 0.558. The van der Waals surface area contributed by atoms with E-state index in [1.54, 1.807) is 25.3 Å². The molecule has 1 aliphatic heterocycles. The number of aryl methyl sites for hydroxylation is 1. The van der Waals surface area contributed by atoms with E-state index in [4.69, 9.17) is 5.73 Å². The predicted octanol–water partition coefficient (Wildman–Crippen LogP) is 4.11. The molecule has 1 saturated heterocycles. The molecular weight excluding hydrogens is 409 g/mol. The lowest BCUT2D eigenvalue weighted by molar-refractivity contribution is 0.202. The maximum absolute atomic E-state index is 14.8. The van der Waals surface area contributed by atoms with Gasteiger partial charge in [0.2, 0.25) is 0 Å². The van der Waals surface area contributed by atoms with Gasteiger partial charge in [0, 0.05) is 39.6 Å². The van der Waals surface area contributed by atoms with Gasteiger partial charge in [-0.2, -0.15) is 0 Å². The Kier molecular flexibility index (Phi) is 8.27.